The Morgan fingerprint density at radius 1 is 0.402 bits per heavy atom. The van der Waals surface area contributed by atoms with Gasteiger partial charge in [-0.3, -0.25) is 9.59 Å². The van der Waals surface area contributed by atoms with Gasteiger partial charge in [0.2, 0.25) is 5.91 Å². The zero-order chi connectivity index (χ0) is 66.5. The zero-order valence-electron chi connectivity index (χ0n) is 59.5. The highest BCUT2D eigenvalue weighted by atomic mass is 16.7. The van der Waals surface area contributed by atoms with Crippen LogP contribution in [0.25, 0.3) is 0 Å². The summed E-state index contributed by atoms with van der Waals surface area (Å²) >= 11 is 0. The van der Waals surface area contributed by atoms with Crippen LogP contribution in [0, 0.1) is 0 Å². The van der Waals surface area contributed by atoms with Crippen molar-refractivity contribution in [3.8, 4) is 0 Å². The van der Waals surface area contributed by atoms with Crippen LogP contribution in [0.5, 0.6) is 0 Å². The maximum Gasteiger partial charge on any atom is 0.305 e. The number of amides is 1. The van der Waals surface area contributed by atoms with Gasteiger partial charge in [0.15, 0.2) is 6.29 Å². The van der Waals surface area contributed by atoms with E-state index >= 15 is 0 Å². The maximum absolute atomic E-state index is 13.0. The molecule has 0 spiro atoms. The fourth-order valence-electron chi connectivity index (χ4n) is 11.8. The normalized spacial score (nSPS) is 18.0. The number of nitrogens with one attached hydrogen (secondary N) is 1. The molecule has 11 nitrogen and oxygen atoms in total. The number of ether oxygens (including phenoxy) is 3. The molecule has 1 saturated heterocycles. The third-order valence-corrected chi connectivity index (χ3v) is 17.9. The summed E-state index contributed by atoms with van der Waals surface area (Å²) in [5.41, 5.74) is 0. The van der Waals surface area contributed by atoms with Crippen LogP contribution < -0.4 is 5.32 Å². The minimum absolute atomic E-state index is 0.000770. The number of aliphatic hydroxyl groups is 5. The molecule has 1 heterocycles. The predicted octanol–water partition coefficient (Wildman–Crippen LogP) is 20.8. The predicted molar refractivity (Wildman–Crippen MR) is 389 cm³/mol. The van der Waals surface area contributed by atoms with Crippen LogP contribution in [0.15, 0.2) is 85.1 Å². The number of carbonyl (C=O) groups excluding carboxylic acids is 2. The van der Waals surface area contributed by atoms with E-state index in [-0.39, 0.29) is 18.5 Å². The molecule has 1 aliphatic heterocycles. The molecule has 0 aromatic rings. The van der Waals surface area contributed by atoms with Crippen LogP contribution in [0.3, 0.4) is 0 Å². The average molecular weight is 1290 g/mol. The van der Waals surface area contributed by atoms with E-state index in [0.717, 1.165) is 89.9 Å². The SMILES string of the molecule is CCC/C=C/CC/C=C/CC/C=C/C(O)C(COC1OC(CO)C(O)C(O)C1O)NC(=O)CCCCCCCCCCCCCCCCCCC/C=C\C/C=C\CCCCCCCCCCCCCCCCCOC(=O)CCCCCCC/C=C\C/C=C\CCCC. The third-order valence-electron chi connectivity index (χ3n) is 17.9. The number of carbonyl (C=O) groups is 2. The standard InChI is InChI=1S/C81H145NO10/c1-3-5-7-9-11-13-15-16-45-49-53-57-61-65-69-77(86)90-70-66-62-58-54-50-46-43-41-39-37-35-33-31-29-27-25-23-21-19-17-18-20-22-24-26-28-30-32-34-36-38-40-42-44-48-52-56-60-64-68-76(85)82-73(72-91-81-80(89)79(88)78(87)75(71-83)92-81)74(84)67-63-59-55-51-47-14-12-10-8-6-4-2/h8-11,15-18,21,23,47,51,63,67,73-75,78-81,83-84,87-89H,3-7,12-14,19-20,22,24-46,48-50,52-62,64-66,68-72H2,1-2H3,(H,82,85)/b10-8+,11-9-,16-15-,18-17-,23-21-,51-47+,67-63+. The van der Waals surface area contributed by atoms with Gasteiger partial charge >= 0.3 is 5.97 Å². The summed E-state index contributed by atoms with van der Waals surface area (Å²) < 4.78 is 16.7. The van der Waals surface area contributed by atoms with Gasteiger partial charge in [-0.2, -0.15) is 0 Å². The van der Waals surface area contributed by atoms with Gasteiger partial charge in [0.25, 0.3) is 0 Å². The van der Waals surface area contributed by atoms with Gasteiger partial charge in [-0.25, -0.2) is 0 Å². The van der Waals surface area contributed by atoms with Crippen molar-refractivity contribution in [1.82, 2.24) is 5.32 Å². The highest BCUT2D eigenvalue weighted by Gasteiger charge is 2.44. The molecule has 0 saturated carbocycles. The molecule has 1 fully saturated rings. The van der Waals surface area contributed by atoms with E-state index in [1.54, 1.807) is 6.08 Å². The minimum atomic E-state index is -1.58. The van der Waals surface area contributed by atoms with Crippen LogP contribution in [0.4, 0.5) is 0 Å². The molecule has 92 heavy (non-hydrogen) atoms. The molecule has 534 valence electrons. The van der Waals surface area contributed by atoms with Crippen molar-refractivity contribution in [2.45, 2.75) is 397 Å². The number of rotatable bonds is 68. The molecule has 0 aromatic heterocycles. The lowest BCUT2D eigenvalue weighted by Gasteiger charge is -2.40. The largest absolute Gasteiger partial charge is 0.466 e. The lowest BCUT2D eigenvalue weighted by Crippen LogP contribution is -2.60. The van der Waals surface area contributed by atoms with Crippen LogP contribution in [-0.2, 0) is 23.8 Å². The number of esters is 1. The van der Waals surface area contributed by atoms with E-state index in [1.165, 1.54) is 238 Å². The number of unbranched alkanes of at least 4 members (excludes halogenated alkanes) is 42. The second-order valence-corrected chi connectivity index (χ2v) is 26.7. The highest BCUT2D eigenvalue weighted by Crippen LogP contribution is 2.23. The number of allylic oxidation sites excluding steroid dienone is 13. The van der Waals surface area contributed by atoms with E-state index in [0.29, 0.717) is 19.4 Å². The van der Waals surface area contributed by atoms with Crippen LogP contribution in [-0.4, -0.2) is 100 Å². The summed E-state index contributed by atoms with van der Waals surface area (Å²) in [6.07, 6.45) is 86.3. The van der Waals surface area contributed by atoms with Gasteiger partial charge in [-0.1, -0.05) is 317 Å². The summed E-state index contributed by atoms with van der Waals surface area (Å²) in [5.74, 6) is -0.195. The quantitative estimate of drug-likeness (QED) is 0.0195. The summed E-state index contributed by atoms with van der Waals surface area (Å²) in [5, 5.41) is 54.4. The molecule has 0 aromatic carbocycles. The topological polar surface area (TPSA) is 175 Å². The fourth-order valence-corrected chi connectivity index (χ4v) is 11.8. The van der Waals surface area contributed by atoms with E-state index in [9.17, 15) is 35.1 Å². The van der Waals surface area contributed by atoms with Crippen molar-refractivity contribution in [3.05, 3.63) is 85.1 Å². The number of aliphatic hydroxyl groups excluding tert-OH is 5. The Morgan fingerprint density at radius 2 is 0.761 bits per heavy atom. The smallest absolute Gasteiger partial charge is 0.305 e. The molecule has 0 radical (unpaired) electrons. The van der Waals surface area contributed by atoms with Gasteiger partial charge in [-0.05, 0) is 109 Å². The van der Waals surface area contributed by atoms with Crippen molar-refractivity contribution in [2.75, 3.05) is 19.8 Å². The maximum atomic E-state index is 13.0. The van der Waals surface area contributed by atoms with E-state index < -0.39 is 49.5 Å². The van der Waals surface area contributed by atoms with E-state index in [1.807, 2.05) is 6.08 Å². The van der Waals surface area contributed by atoms with Crippen molar-refractivity contribution in [1.29, 1.82) is 0 Å². The summed E-state index contributed by atoms with van der Waals surface area (Å²) in [6.45, 7) is 4.23. The van der Waals surface area contributed by atoms with Gasteiger partial charge in [0, 0.05) is 12.8 Å². The molecule has 0 bridgehead atoms. The number of hydrogen-bond acceptors (Lipinski definition) is 10. The van der Waals surface area contributed by atoms with Crippen molar-refractivity contribution in [2.24, 2.45) is 0 Å². The van der Waals surface area contributed by atoms with E-state index in [4.69, 9.17) is 14.2 Å². The molecule has 1 amide bonds. The summed E-state index contributed by atoms with van der Waals surface area (Å²) in [7, 11) is 0. The van der Waals surface area contributed by atoms with E-state index in [2.05, 4.69) is 92.1 Å². The molecule has 7 atom stereocenters. The van der Waals surface area contributed by atoms with Gasteiger partial charge in [-0.15, -0.1) is 0 Å². The first-order chi connectivity index (χ1) is 45.2. The molecule has 1 rings (SSSR count). The van der Waals surface area contributed by atoms with Gasteiger partial charge < -0.3 is 45.1 Å². The Labute approximate surface area is 565 Å². The fraction of sp³-hybridized carbons (Fsp3) is 0.802. The first kappa shape index (κ1) is 86.9. The second-order valence-electron chi connectivity index (χ2n) is 26.7. The summed E-state index contributed by atoms with van der Waals surface area (Å²) in [6, 6.07) is -0.833. The minimum Gasteiger partial charge on any atom is -0.466 e. The molecule has 6 N–H and O–H groups in total. The van der Waals surface area contributed by atoms with Crippen LogP contribution in [0.1, 0.15) is 354 Å². The Morgan fingerprint density at radius 3 is 1.17 bits per heavy atom. The van der Waals surface area contributed by atoms with Gasteiger partial charge in [0.05, 0.1) is 32.0 Å². The van der Waals surface area contributed by atoms with Crippen LogP contribution in [0.2, 0.25) is 0 Å². The molecule has 7 unspecified atom stereocenters. The van der Waals surface area contributed by atoms with Crippen molar-refractivity contribution < 1.29 is 49.3 Å². The third kappa shape index (κ3) is 57.1. The lowest BCUT2D eigenvalue weighted by molar-refractivity contribution is -0.302. The molecular weight excluding hydrogens is 1150 g/mol. The summed E-state index contributed by atoms with van der Waals surface area (Å²) in [4.78, 5) is 25.1. The van der Waals surface area contributed by atoms with Crippen molar-refractivity contribution in [3.63, 3.8) is 0 Å². The molecule has 11 heteroatoms. The Hall–Kier alpha value is -3.16. The number of hydrogen-bond donors (Lipinski definition) is 6. The Balaban J connectivity index is 1.90. The monoisotopic (exact) mass is 1290 g/mol. The second kappa shape index (κ2) is 69.2. The Kier molecular flexibility index (Phi) is 65.3. The zero-order valence-corrected chi connectivity index (χ0v) is 59.5. The average Bonchev–Trinajstić information content (AvgIpc) is 1.22. The van der Waals surface area contributed by atoms with Crippen LogP contribution >= 0.6 is 0 Å². The van der Waals surface area contributed by atoms with Crippen molar-refractivity contribution >= 4 is 11.9 Å². The Bertz CT molecular complexity index is 1810. The lowest BCUT2D eigenvalue weighted by atomic mass is 9.99. The molecule has 1 aliphatic rings. The molecular formula is C81H145NO10. The first-order valence-corrected chi connectivity index (χ1v) is 38.9. The molecule has 0 aliphatic carbocycles. The highest BCUT2D eigenvalue weighted by molar-refractivity contribution is 5.76. The first-order valence-electron chi connectivity index (χ1n) is 38.9. The van der Waals surface area contributed by atoms with Gasteiger partial charge in [0.1, 0.15) is 24.4 Å².